The summed E-state index contributed by atoms with van der Waals surface area (Å²) < 4.78 is 16.4. The molecule has 2 aromatic carbocycles. The Bertz CT molecular complexity index is 1090. The lowest BCUT2D eigenvalue weighted by Crippen LogP contribution is -2.30. The van der Waals surface area contributed by atoms with Crippen molar-refractivity contribution in [2.75, 3.05) is 11.9 Å². The highest BCUT2D eigenvalue weighted by molar-refractivity contribution is 5.89. The number of carbonyl (C=O) groups is 1. The third-order valence-electron chi connectivity index (χ3n) is 4.52. The number of carbonyl (C=O) groups excluding carboxylic acids is 1. The summed E-state index contributed by atoms with van der Waals surface area (Å²) in [6, 6.07) is 20.6. The number of benzene rings is 2. The summed E-state index contributed by atoms with van der Waals surface area (Å²) in [5.74, 6) is 1.35. The van der Waals surface area contributed by atoms with E-state index in [0.29, 0.717) is 37.8 Å². The summed E-state index contributed by atoms with van der Waals surface area (Å²) in [6.45, 7) is 1.27. The largest absolute Gasteiger partial charge is 0.467 e. The molecule has 2 aromatic heterocycles. The number of anilines is 1. The summed E-state index contributed by atoms with van der Waals surface area (Å²) in [6.07, 6.45) is 3.81. The van der Waals surface area contributed by atoms with Gasteiger partial charge in [0.05, 0.1) is 18.6 Å². The van der Waals surface area contributed by atoms with Crippen LogP contribution in [0.25, 0.3) is 11.5 Å². The third kappa shape index (κ3) is 6.07. The molecule has 4 aromatic rings. The average Bonchev–Trinajstić information content (AvgIpc) is 3.47. The number of furan rings is 1. The lowest BCUT2D eigenvalue weighted by atomic mass is 10.2. The van der Waals surface area contributed by atoms with E-state index >= 15 is 0 Å². The summed E-state index contributed by atoms with van der Waals surface area (Å²) in [4.78, 5) is 16.7. The van der Waals surface area contributed by atoms with Crippen molar-refractivity contribution in [3.8, 4) is 11.5 Å². The van der Waals surface area contributed by atoms with Crippen LogP contribution in [-0.4, -0.2) is 17.6 Å². The molecule has 0 saturated heterocycles. The van der Waals surface area contributed by atoms with Gasteiger partial charge in [-0.2, -0.15) is 0 Å². The summed E-state index contributed by atoms with van der Waals surface area (Å²) in [7, 11) is 0. The molecule has 0 radical (unpaired) electrons. The fraction of sp³-hybridized carbons (Fsp3) is 0.167. The van der Waals surface area contributed by atoms with Crippen molar-refractivity contribution in [2.45, 2.75) is 19.6 Å². The van der Waals surface area contributed by atoms with Crippen molar-refractivity contribution in [2.24, 2.45) is 0 Å². The van der Waals surface area contributed by atoms with Gasteiger partial charge >= 0.3 is 6.03 Å². The minimum atomic E-state index is -0.277. The topological polar surface area (TPSA) is 89.5 Å². The normalized spacial score (nSPS) is 10.7. The molecule has 0 aliphatic rings. The maximum Gasteiger partial charge on any atom is 0.319 e. The fourth-order valence-electron chi connectivity index (χ4n) is 3.02. The molecular formula is C24H23N3O4. The number of nitrogens with zero attached hydrogens (tertiary/aromatic N) is 1. The van der Waals surface area contributed by atoms with E-state index in [-0.39, 0.29) is 6.03 Å². The maximum atomic E-state index is 12.2. The van der Waals surface area contributed by atoms with Gasteiger partial charge in [-0.25, -0.2) is 9.78 Å². The Morgan fingerprint density at radius 2 is 1.87 bits per heavy atom. The maximum absolute atomic E-state index is 12.2. The second-order valence-electron chi connectivity index (χ2n) is 6.91. The molecule has 31 heavy (non-hydrogen) atoms. The van der Waals surface area contributed by atoms with E-state index in [2.05, 4.69) is 15.6 Å². The van der Waals surface area contributed by atoms with Crippen LogP contribution in [0.4, 0.5) is 10.5 Å². The van der Waals surface area contributed by atoms with Crippen LogP contribution < -0.4 is 10.6 Å². The Kier molecular flexibility index (Phi) is 6.77. The lowest BCUT2D eigenvalue weighted by Gasteiger charge is -2.09. The molecule has 0 fully saturated rings. The molecule has 7 nitrogen and oxygen atoms in total. The molecule has 0 saturated carbocycles. The van der Waals surface area contributed by atoms with Gasteiger partial charge < -0.3 is 24.2 Å². The molecule has 158 valence electrons. The van der Waals surface area contributed by atoms with Crippen LogP contribution in [0.2, 0.25) is 0 Å². The third-order valence-corrected chi connectivity index (χ3v) is 4.52. The van der Waals surface area contributed by atoms with Crippen LogP contribution in [-0.2, 0) is 24.4 Å². The zero-order valence-electron chi connectivity index (χ0n) is 16.9. The quantitative estimate of drug-likeness (QED) is 0.399. The van der Waals surface area contributed by atoms with E-state index in [1.807, 2.05) is 66.7 Å². The van der Waals surface area contributed by atoms with Gasteiger partial charge in [0.2, 0.25) is 5.89 Å². The van der Waals surface area contributed by atoms with Crippen LogP contribution in [0.3, 0.4) is 0 Å². The predicted octanol–water partition coefficient (Wildman–Crippen LogP) is 5.02. The lowest BCUT2D eigenvalue weighted by molar-refractivity contribution is 0.0930. The van der Waals surface area contributed by atoms with E-state index in [9.17, 15) is 4.79 Å². The molecule has 0 unspecified atom stereocenters. The smallest absolute Gasteiger partial charge is 0.319 e. The van der Waals surface area contributed by atoms with Gasteiger partial charge in [-0.15, -0.1) is 0 Å². The van der Waals surface area contributed by atoms with Gasteiger partial charge in [-0.1, -0.05) is 30.3 Å². The highest BCUT2D eigenvalue weighted by Gasteiger charge is 2.07. The number of hydrogen-bond acceptors (Lipinski definition) is 5. The second-order valence-corrected chi connectivity index (χ2v) is 6.91. The monoisotopic (exact) mass is 417 g/mol. The van der Waals surface area contributed by atoms with Crippen LogP contribution in [0.1, 0.15) is 17.0 Å². The number of nitrogens with one attached hydrogen (secondary N) is 2. The fourth-order valence-corrected chi connectivity index (χ4v) is 3.02. The van der Waals surface area contributed by atoms with Crippen LogP contribution in [0.5, 0.6) is 0 Å². The van der Waals surface area contributed by atoms with Crippen LogP contribution in [0, 0.1) is 0 Å². The van der Waals surface area contributed by atoms with Crippen molar-refractivity contribution in [3.05, 3.63) is 96.3 Å². The van der Waals surface area contributed by atoms with E-state index in [1.54, 1.807) is 12.5 Å². The summed E-state index contributed by atoms with van der Waals surface area (Å²) in [5.41, 5.74) is 3.37. The van der Waals surface area contributed by atoms with E-state index in [1.165, 1.54) is 0 Å². The summed E-state index contributed by atoms with van der Waals surface area (Å²) >= 11 is 0. The Hall–Kier alpha value is -3.84. The SMILES string of the molecule is O=C(NCCc1coc(-c2ccccc2)n1)Nc1cccc(COCc2ccco2)c1. The number of aromatic nitrogens is 1. The van der Waals surface area contributed by atoms with Gasteiger partial charge in [-0.3, -0.25) is 0 Å². The van der Waals surface area contributed by atoms with E-state index < -0.39 is 0 Å². The van der Waals surface area contributed by atoms with Crippen molar-refractivity contribution >= 4 is 11.7 Å². The van der Waals surface area contributed by atoms with Gasteiger partial charge in [0.25, 0.3) is 0 Å². The van der Waals surface area contributed by atoms with Crippen molar-refractivity contribution in [1.29, 1.82) is 0 Å². The Balaban J connectivity index is 1.20. The van der Waals surface area contributed by atoms with Gasteiger partial charge in [-0.05, 0) is 42.0 Å². The predicted molar refractivity (Wildman–Crippen MR) is 116 cm³/mol. The first-order valence-electron chi connectivity index (χ1n) is 10.00. The Labute approximate surface area is 180 Å². The summed E-state index contributed by atoms with van der Waals surface area (Å²) in [5, 5.41) is 5.67. The average molecular weight is 417 g/mol. The highest BCUT2D eigenvalue weighted by Crippen LogP contribution is 2.18. The molecule has 4 rings (SSSR count). The zero-order valence-corrected chi connectivity index (χ0v) is 16.9. The number of oxazole rings is 1. The van der Waals surface area contributed by atoms with Gasteiger partial charge in [0.15, 0.2) is 0 Å². The number of ether oxygens (including phenoxy) is 1. The molecule has 0 atom stereocenters. The first kappa shape index (κ1) is 20.4. The van der Waals surface area contributed by atoms with Crippen molar-refractivity contribution in [1.82, 2.24) is 10.3 Å². The molecule has 2 heterocycles. The minimum absolute atomic E-state index is 0.277. The van der Waals surface area contributed by atoms with Gasteiger partial charge in [0.1, 0.15) is 18.6 Å². The number of rotatable bonds is 9. The first-order chi connectivity index (χ1) is 15.3. The highest BCUT2D eigenvalue weighted by atomic mass is 16.5. The molecule has 7 heteroatoms. The molecule has 0 aliphatic heterocycles. The van der Waals surface area contributed by atoms with Crippen molar-refractivity contribution in [3.63, 3.8) is 0 Å². The first-order valence-corrected chi connectivity index (χ1v) is 10.00. The molecule has 2 amide bonds. The molecule has 0 bridgehead atoms. The van der Waals surface area contributed by atoms with E-state index in [4.69, 9.17) is 13.6 Å². The Morgan fingerprint density at radius 1 is 0.968 bits per heavy atom. The minimum Gasteiger partial charge on any atom is -0.467 e. The number of hydrogen-bond donors (Lipinski definition) is 2. The second kappa shape index (κ2) is 10.3. The van der Waals surface area contributed by atoms with E-state index in [0.717, 1.165) is 22.6 Å². The number of amides is 2. The Morgan fingerprint density at radius 3 is 2.71 bits per heavy atom. The van der Waals surface area contributed by atoms with Crippen molar-refractivity contribution < 1.29 is 18.4 Å². The zero-order chi connectivity index (χ0) is 21.3. The van der Waals surface area contributed by atoms with Crippen LogP contribution >= 0.6 is 0 Å². The number of urea groups is 1. The van der Waals surface area contributed by atoms with Crippen LogP contribution in [0.15, 0.2) is 88.1 Å². The molecule has 2 N–H and O–H groups in total. The standard InChI is InChI=1S/C24H23N3O4/c28-24(25-12-11-21-16-31-23(26-21)19-7-2-1-3-8-19)27-20-9-4-6-18(14-20)15-29-17-22-10-5-13-30-22/h1-10,13-14,16H,11-12,15,17H2,(H2,25,27,28). The van der Waals surface area contributed by atoms with Gasteiger partial charge in [0, 0.05) is 24.2 Å². The molecule has 0 spiro atoms. The molecule has 0 aliphatic carbocycles. The molecular weight excluding hydrogens is 394 g/mol.